The second-order valence-corrected chi connectivity index (χ2v) is 7.78. The number of aromatic nitrogens is 2. The minimum atomic E-state index is -0.382. The van der Waals surface area contributed by atoms with Crippen LogP contribution in [0.1, 0.15) is 42.4 Å². The minimum Gasteiger partial charge on any atom is -0.463 e. The van der Waals surface area contributed by atoms with Gasteiger partial charge in [-0.2, -0.15) is 0 Å². The third-order valence-electron chi connectivity index (χ3n) is 5.52. The molecule has 6 nitrogen and oxygen atoms in total. The minimum absolute atomic E-state index is 0.0753. The van der Waals surface area contributed by atoms with E-state index in [9.17, 15) is 4.79 Å². The lowest BCUT2D eigenvalue weighted by molar-refractivity contribution is -0.138. The first-order valence-corrected chi connectivity index (χ1v) is 10.6. The third-order valence-corrected chi connectivity index (χ3v) is 5.71. The number of nitrogens with zero attached hydrogens (tertiary/aromatic N) is 1. The fraction of sp³-hybridized carbons (Fsp3) is 0.208. The molecule has 0 saturated carbocycles. The van der Waals surface area contributed by atoms with Gasteiger partial charge in [0.1, 0.15) is 11.6 Å². The van der Waals surface area contributed by atoms with Gasteiger partial charge in [-0.1, -0.05) is 67.6 Å². The Morgan fingerprint density at radius 2 is 1.81 bits per heavy atom. The number of ether oxygens (including phenoxy) is 1. The Balaban J connectivity index is 2.01. The van der Waals surface area contributed by atoms with E-state index in [1.54, 1.807) is 6.92 Å². The first kappa shape index (κ1) is 20.8. The monoisotopic (exact) mass is 432 g/mol. The quantitative estimate of drug-likeness (QED) is 0.388. The Kier molecular flexibility index (Phi) is 5.86. The Bertz CT molecular complexity index is 1190. The van der Waals surface area contributed by atoms with E-state index in [1.807, 2.05) is 60.7 Å². The molecule has 158 valence electrons. The van der Waals surface area contributed by atoms with Crippen molar-refractivity contribution in [1.82, 2.24) is 9.97 Å². The van der Waals surface area contributed by atoms with Crippen LogP contribution in [0.4, 0.5) is 11.6 Å². The van der Waals surface area contributed by atoms with Gasteiger partial charge >= 0.3 is 5.97 Å². The van der Waals surface area contributed by atoms with Crippen LogP contribution in [-0.4, -0.2) is 22.5 Å². The molecule has 1 aliphatic heterocycles. The maximum Gasteiger partial charge on any atom is 0.336 e. The highest BCUT2D eigenvalue weighted by Crippen LogP contribution is 2.49. The van der Waals surface area contributed by atoms with Gasteiger partial charge in [-0.3, -0.25) is 0 Å². The van der Waals surface area contributed by atoms with Gasteiger partial charge in [0.15, 0.2) is 4.77 Å². The summed E-state index contributed by atoms with van der Waals surface area (Å²) in [7, 11) is 0. The number of anilines is 2. The average molecular weight is 433 g/mol. The maximum atomic E-state index is 13.3. The van der Waals surface area contributed by atoms with Crippen LogP contribution < -0.4 is 11.1 Å². The molecule has 0 amide bonds. The average Bonchev–Trinajstić information content (AvgIpc) is 2.78. The number of carbonyl (C=O) groups excluding carboxylic acids is 1. The summed E-state index contributed by atoms with van der Waals surface area (Å²) in [5.41, 5.74) is 10.2. The predicted octanol–water partition coefficient (Wildman–Crippen LogP) is 5.01. The van der Waals surface area contributed by atoms with Crippen molar-refractivity contribution in [1.29, 1.82) is 0 Å². The fourth-order valence-corrected chi connectivity index (χ4v) is 4.32. The van der Waals surface area contributed by atoms with Crippen molar-refractivity contribution in [2.75, 3.05) is 17.7 Å². The number of aromatic amines is 1. The summed E-state index contributed by atoms with van der Waals surface area (Å²) in [4.78, 5) is 20.7. The Labute approximate surface area is 186 Å². The number of hydrogen-bond acceptors (Lipinski definition) is 6. The molecule has 2 aromatic carbocycles. The molecular formula is C24H24N4O2S. The molecule has 1 aliphatic rings. The maximum absolute atomic E-state index is 13.3. The molecule has 0 radical (unpaired) electrons. The largest absolute Gasteiger partial charge is 0.463 e. The summed E-state index contributed by atoms with van der Waals surface area (Å²) in [6, 6.07) is 19.7. The predicted molar refractivity (Wildman–Crippen MR) is 125 cm³/mol. The van der Waals surface area contributed by atoms with Crippen LogP contribution in [0.3, 0.4) is 0 Å². The van der Waals surface area contributed by atoms with Crippen LogP contribution in [0.2, 0.25) is 0 Å². The van der Waals surface area contributed by atoms with Crippen molar-refractivity contribution in [3.63, 3.8) is 0 Å². The second kappa shape index (κ2) is 8.73. The van der Waals surface area contributed by atoms with Crippen LogP contribution in [-0.2, 0) is 9.53 Å². The molecule has 4 rings (SSSR count). The molecule has 7 heteroatoms. The smallest absolute Gasteiger partial charge is 0.336 e. The molecule has 0 spiro atoms. The number of nitrogen functional groups attached to an aromatic ring is 1. The topological polar surface area (TPSA) is 93.0 Å². The summed E-state index contributed by atoms with van der Waals surface area (Å²) >= 11 is 5.27. The second-order valence-electron chi connectivity index (χ2n) is 7.40. The van der Waals surface area contributed by atoms with Gasteiger partial charge in [0.2, 0.25) is 0 Å². The van der Waals surface area contributed by atoms with E-state index in [4.69, 9.17) is 22.7 Å². The first-order chi connectivity index (χ1) is 15.0. The lowest BCUT2D eigenvalue weighted by atomic mass is 9.75. The van der Waals surface area contributed by atoms with E-state index in [0.717, 1.165) is 11.1 Å². The summed E-state index contributed by atoms with van der Waals surface area (Å²) in [6.07, 6.45) is 0. The van der Waals surface area contributed by atoms with Crippen LogP contribution in [0.15, 0.2) is 66.2 Å². The number of esters is 1. The van der Waals surface area contributed by atoms with E-state index in [2.05, 4.69) is 22.2 Å². The lowest BCUT2D eigenvalue weighted by Crippen LogP contribution is -2.29. The first-order valence-electron chi connectivity index (χ1n) is 10.2. The number of benzene rings is 2. The Hall–Kier alpha value is -3.45. The van der Waals surface area contributed by atoms with Crippen LogP contribution in [0.5, 0.6) is 0 Å². The Morgan fingerprint density at radius 3 is 2.45 bits per heavy atom. The van der Waals surface area contributed by atoms with Crippen LogP contribution in [0, 0.1) is 4.77 Å². The lowest BCUT2D eigenvalue weighted by Gasteiger charge is -2.34. The summed E-state index contributed by atoms with van der Waals surface area (Å²) in [5, 5.41) is 3.32. The molecule has 3 aromatic rings. The van der Waals surface area contributed by atoms with Crippen molar-refractivity contribution in [2.24, 2.45) is 0 Å². The summed E-state index contributed by atoms with van der Waals surface area (Å²) < 4.78 is 5.78. The number of fused-ring (bicyclic) bond motifs is 1. The highest BCUT2D eigenvalue weighted by molar-refractivity contribution is 7.71. The molecule has 2 atom stereocenters. The van der Waals surface area contributed by atoms with Gasteiger partial charge in [-0.25, -0.2) is 9.78 Å². The molecule has 0 saturated heterocycles. The van der Waals surface area contributed by atoms with Gasteiger partial charge < -0.3 is 20.8 Å². The van der Waals surface area contributed by atoms with E-state index in [-0.39, 0.29) is 29.2 Å². The number of H-pyrrole nitrogens is 1. The van der Waals surface area contributed by atoms with Crippen molar-refractivity contribution < 1.29 is 9.53 Å². The van der Waals surface area contributed by atoms with Gasteiger partial charge in [-0.15, -0.1) is 0 Å². The van der Waals surface area contributed by atoms with E-state index < -0.39 is 0 Å². The van der Waals surface area contributed by atoms with Crippen LogP contribution in [0.25, 0.3) is 5.70 Å². The molecule has 1 aromatic heterocycles. The van der Waals surface area contributed by atoms with Gasteiger partial charge in [0.05, 0.1) is 17.9 Å². The number of nitrogens with two attached hydrogens (primary N) is 1. The summed E-state index contributed by atoms with van der Waals surface area (Å²) in [6.45, 7) is 4.15. The van der Waals surface area contributed by atoms with E-state index in [0.29, 0.717) is 28.5 Å². The molecule has 0 bridgehead atoms. The summed E-state index contributed by atoms with van der Waals surface area (Å²) in [5.74, 6) is 0.111. The van der Waals surface area contributed by atoms with E-state index in [1.165, 1.54) is 0 Å². The number of nitrogens with one attached hydrogen (secondary N) is 2. The van der Waals surface area contributed by atoms with Gasteiger partial charge in [-0.05, 0) is 36.2 Å². The highest BCUT2D eigenvalue weighted by atomic mass is 32.1. The Morgan fingerprint density at radius 1 is 1.16 bits per heavy atom. The van der Waals surface area contributed by atoms with Crippen molar-refractivity contribution in [3.05, 3.63) is 87.7 Å². The van der Waals surface area contributed by atoms with Crippen molar-refractivity contribution in [2.45, 2.75) is 25.7 Å². The third kappa shape index (κ3) is 3.96. The SMILES string of the molecule is CCOC(=O)C1=C(c2ccccc2)Nc2nc(=S)[nH]c(N)c2C1C(C)c1ccccc1. The van der Waals surface area contributed by atoms with E-state index >= 15 is 0 Å². The zero-order valence-electron chi connectivity index (χ0n) is 17.4. The van der Waals surface area contributed by atoms with Gasteiger partial charge in [0.25, 0.3) is 0 Å². The van der Waals surface area contributed by atoms with Crippen molar-refractivity contribution in [3.8, 4) is 0 Å². The number of hydrogen-bond donors (Lipinski definition) is 3. The van der Waals surface area contributed by atoms with Gasteiger partial charge in [0, 0.05) is 11.5 Å². The number of rotatable bonds is 5. The number of carbonyl (C=O) groups is 1. The fourth-order valence-electron chi connectivity index (χ4n) is 4.11. The highest BCUT2D eigenvalue weighted by Gasteiger charge is 2.39. The normalized spacial score (nSPS) is 16.3. The molecular weight excluding hydrogens is 408 g/mol. The van der Waals surface area contributed by atoms with Crippen LogP contribution >= 0.6 is 12.2 Å². The molecule has 0 aliphatic carbocycles. The van der Waals surface area contributed by atoms with Crippen molar-refractivity contribution >= 4 is 35.5 Å². The standard InChI is InChI=1S/C24H24N4O2S/c1-3-30-23(29)18-17(14(2)15-10-6-4-7-11-15)19-21(25)27-24(31)28-22(19)26-20(18)16-12-8-5-9-13-16/h4-14,17H,3H2,1-2H3,(H4,25,26,27,28,31). The molecule has 2 unspecified atom stereocenters. The molecule has 0 fully saturated rings. The molecule has 4 N–H and O–H groups in total. The molecule has 2 heterocycles. The zero-order chi connectivity index (χ0) is 22.0. The molecule has 31 heavy (non-hydrogen) atoms. The zero-order valence-corrected chi connectivity index (χ0v) is 18.2.